The van der Waals surface area contributed by atoms with Crippen molar-refractivity contribution < 1.29 is 9.59 Å². The van der Waals surface area contributed by atoms with Crippen LogP contribution in [0, 0.1) is 0 Å². The van der Waals surface area contributed by atoms with Crippen LogP contribution in [0.25, 0.3) is 10.8 Å². The lowest BCUT2D eigenvalue weighted by Crippen LogP contribution is -2.35. The molecule has 1 aromatic heterocycles. The van der Waals surface area contributed by atoms with Gasteiger partial charge in [-0.15, -0.1) is 0 Å². The number of H-pyrrole nitrogens is 1. The maximum absolute atomic E-state index is 12.4. The Bertz CT molecular complexity index is 1160. The average molecular weight is 394 g/mol. The van der Waals surface area contributed by atoms with Gasteiger partial charge in [0.2, 0.25) is 11.8 Å². The van der Waals surface area contributed by atoms with E-state index in [2.05, 4.69) is 15.7 Å². The summed E-state index contributed by atoms with van der Waals surface area (Å²) in [5, 5.41) is 8.37. The van der Waals surface area contributed by atoms with E-state index in [0.717, 1.165) is 22.4 Å². The molecule has 8 heteroatoms. The number of anilines is 1. The smallest absolute Gasteiger partial charge is 0.273 e. The molecule has 0 fully saturated rings. The molecule has 0 bridgehead atoms. The van der Waals surface area contributed by atoms with E-state index in [0.29, 0.717) is 10.8 Å². The van der Waals surface area contributed by atoms with Crippen molar-refractivity contribution in [1.29, 1.82) is 0 Å². The molecule has 0 saturated heterocycles. The van der Waals surface area contributed by atoms with Gasteiger partial charge in [0.1, 0.15) is 0 Å². The highest BCUT2D eigenvalue weighted by atomic mass is 16.2. The van der Waals surface area contributed by atoms with Crippen molar-refractivity contribution in [1.82, 2.24) is 15.1 Å². The molecule has 1 heterocycles. The second-order valence-electron chi connectivity index (χ2n) is 6.53. The number of nitrogens with one attached hydrogen (secondary N) is 3. The van der Waals surface area contributed by atoms with Gasteiger partial charge in [0.15, 0.2) is 0 Å². The second kappa shape index (κ2) is 9.01. The molecular formula is C21H22N4O4. The third-order valence-corrected chi connectivity index (χ3v) is 4.56. The molecule has 2 amide bonds. The van der Waals surface area contributed by atoms with E-state index in [1.165, 1.54) is 0 Å². The monoisotopic (exact) mass is 394 g/mol. The molecule has 3 rings (SSSR count). The Morgan fingerprint density at radius 1 is 0.966 bits per heavy atom. The van der Waals surface area contributed by atoms with E-state index in [1.807, 2.05) is 25.1 Å². The van der Waals surface area contributed by atoms with Gasteiger partial charge >= 0.3 is 0 Å². The number of aromatic amines is 1. The zero-order chi connectivity index (χ0) is 20.8. The largest absolute Gasteiger partial charge is 0.347 e. The van der Waals surface area contributed by atoms with E-state index in [-0.39, 0.29) is 31.0 Å². The summed E-state index contributed by atoms with van der Waals surface area (Å²) >= 11 is 0. The first kappa shape index (κ1) is 20.1. The number of rotatable bonds is 7. The lowest BCUT2D eigenvalue weighted by molar-refractivity contribution is -0.124. The molecule has 150 valence electrons. The molecular weight excluding hydrogens is 372 g/mol. The van der Waals surface area contributed by atoms with Crippen LogP contribution < -0.4 is 21.8 Å². The first-order valence-corrected chi connectivity index (χ1v) is 9.36. The molecule has 0 aliphatic carbocycles. The van der Waals surface area contributed by atoms with Crippen LogP contribution in [0.4, 0.5) is 5.69 Å². The predicted octanol–water partition coefficient (Wildman–Crippen LogP) is 1.40. The van der Waals surface area contributed by atoms with Gasteiger partial charge in [-0.2, -0.15) is 0 Å². The minimum absolute atomic E-state index is 0.00499. The van der Waals surface area contributed by atoms with Crippen molar-refractivity contribution in [3.05, 3.63) is 74.8 Å². The van der Waals surface area contributed by atoms with Gasteiger partial charge in [0.25, 0.3) is 11.1 Å². The molecule has 0 aliphatic rings. The number of fused-ring (bicyclic) bond motifs is 1. The van der Waals surface area contributed by atoms with E-state index in [9.17, 15) is 19.2 Å². The third-order valence-electron chi connectivity index (χ3n) is 4.56. The highest BCUT2D eigenvalue weighted by Gasteiger charge is 2.10. The van der Waals surface area contributed by atoms with Gasteiger partial charge in [-0.05, 0) is 30.2 Å². The van der Waals surface area contributed by atoms with Crippen LogP contribution >= 0.6 is 0 Å². The Kier molecular flexibility index (Phi) is 6.23. The lowest BCUT2D eigenvalue weighted by atomic mass is 10.1. The lowest BCUT2D eigenvalue weighted by Gasteiger charge is -2.11. The summed E-state index contributed by atoms with van der Waals surface area (Å²) in [6, 6.07) is 14.0. The molecule has 0 unspecified atom stereocenters. The molecule has 3 N–H and O–H groups in total. The Labute approximate surface area is 166 Å². The Morgan fingerprint density at radius 2 is 1.66 bits per heavy atom. The first-order valence-electron chi connectivity index (χ1n) is 9.36. The van der Waals surface area contributed by atoms with Crippen LogP contribution in [0.3, 0.4) is 0 Å². The number of carbonyl (C=O) groups excluding carboxylic acids is 2. The summed E-state index contributed by atoms with van der Waals surface area (Å²) < 4.78 is 1.11. The van der Waals surface area contributed by atoms with Gasteiger partial charge in [-0.3, -0.25) is 24.3 Å². The quantitative estimate of drug-likeness (QED) is 0.562. The van der Waals surface area contributed by atoms with Crippen molar-refractivity contribution in [2.45, 2.75) is 26.3 Å². The van der Waals surface area contributed by atoms with E-state index in [1.54, 1.807) is 30.3 Å². The van der Waals surface area contributed by atoms with Gasteiger partial charge in [-0.25, -0.2) is 4.68 Å². The fourth-order valence-electron chi connectivity index (χ4n) is 3.03. The van der Waals surface area contributed by atoms with E-state index in [4.69, 9.17) is 0 Å². The van der Waals surface area contributed by atoms with Crippen LogP contribution in [-0.2, 0) is 22.6 Å². The second-order valence-corrected chi connectivity index (χ2v) is 6.53. The standard InChI is InChI=1S/C21H22N4O4/c1-2-14-7-3-6-10-17(14)23-19(27)13-22-18(26)11-12-25-21(29)16-9-5-4-8-15(16)20(28)24-25/h3-10H,2,11-13H2,1H3,(H,22,26)(H,23,27)(H,24,28). The van der Waals surface area contributed by atoms with Crippen LogP contribution in [0.2, 0.25) is 0 Å². The maximum Gasteiger partial charge on any atom is 0.273 e. The van der Waals surface area contributed by atoms with Crippen LogP contribution in [0.15, 0.2) is 58.1 Å². The summed E-state index contributed by atoms with van der Waals surface area (Å²) in [5.74, 6) is -0.736. The number of hydrogen-bond acceptors (Lipinski definition) is 4. The molecule has 0 spiro atoms. The number of para-hydroxylation sites is 1. The number of aryl methyl sites for hydroxylation is 2. The number of carbonyl (C=O) groups is 2. The van der Waals surface area contributed by atoms with Gasteiger partial charge in [0.05, 0.1) is 23.9 Å². The molecule has 3 aromatic rings. The van der Waals surface area contributed by atoms with Crippen LogP contribution in [-0.4, -0.2) is 28.1 Å². The van der Waals surface area contributed by atoms with Crippen molar-refractivity contribution in [3.63, 3.8) is 0 Å². The molecule has 0 aliphatic heterocycles. The zero-order valence-corrected chi connectivity index (χ0v) is 16.0. The fourth-order valence-corrected chi connectivity index (χ4v) is 3.03. The van der Waals surface area contributed by atoms with Crippen LogP contribution in [0.1, 0.15) is 18.9 Å². The Hall–Kier alpha value is -3.68. The fraction of sp³-hybridized carbons (Fsp3) is 0.238. The first-order chi connectivity index (χ1) is 14.0. The highest BCUT2D eigenvalue weighted by Crippen LogP contribution is 2.14. The van der Waals surface area contributed by atoms with Crippen LogP contribution in [0.5, 0.6) is 0 Å². The van der Waals surface area contributed by atoms with Gasteiger partial charge in [-0.1, -0.05) is 37.3 Å². The summed E-state index contributed by atoms with van der Waals surface area (Å²) in [5.41, 5.74) is 0.956. The molecule has 0 saturated carbocycles. The Balaban J connectivity index is 1.56. The molecule has 2 aromatic carbocycles. The number of amides is 2. The molecule has 0 radical (unpaired) electrons. The number of hydrogen-bond donors (Lipinski definition) is 3. The number of nitrogens with zero attached hydrogens (tertiary/aromatic N) is 1. The molecule has 8 nitrogen and oxygen atoms in total. The number of aromatic nitrogens is 2. The SMILES string of the molecule is CCc1ccccc1NC(=O)CNC(=O)CCn1[nH]c(=O)c2ccccc2c1=O. The zero-order valence-electron chi connectivity index (χ0n) is 16.0. The van der Waals surface area contributed by atoms with E-state index >= 15 is 0 Å². The summed E-state index contributed by atoms with van der Waals surface area (Å²) in [4.78, 5) is 48.6. The van der Waals surface area contributed by atoms with Crippen molar-refractivity contribution >= 4 is 28.3 Å². The van der Waals surface area contributed by atoms with Crippen molar-refractivity contribution in [3.8, 4) is 0 Å². The van der Waals surface area contributed by atoms with Gasteiger partial charge in [0, 0.05) is 12.1 Å². The average Bonchev–Trinajstić information content (AvgIpc) is 2.74. The molecule has 0 atom stereocenters. The Morgan fingerprint density at radius 3 is 2.41 bits per heavy atom. The minimum atomic E-state index is -0.398. The van der Waals surface area contributed by atoms with Crippen molar-refractivity contribution in [2.75, 3.05) is 11.9 Å². The molecule has 29 heavy (non-hydrogen) atoms. The summed E-state index contributed by atoms with van der Waals surface area (Å²) in [7, 11) is 0. The maximum atomic E-state index is 12.4. The number of benzene rings is 2. The van der Waals surface area contributed by atoms with Gasteiger partial charge < -0.3 is 10.6 Å². The third kappa shape index (κ3) is 4.78. The summed E-state index contributed by atoms with van der Waals surface area (Å²) in [6.45, 7) is 1.82. The normalized spacial score (nSPS) is 10.7. The van der Waals surface area contributed by atoms with Crippen molar-refractivity contribution in [2.24, 2.45) is 0 Å². The minimum Gasteiger partial charge on any atom is -0.347 e. The topological polar surface area (TPSA) is 113 Å². The predicted molar refractivity (Wildman–Crippen MR) is 111 cm³/mol. The summed E-state index contributed by atoms with van der Waals surface area (Å²) in [6.07, 6.45) is 0.731. The van der Waals surface area contributed by atoms with E-state index < -0.39 is 11.5 Å². The highest BCUT2D eigenvalue weighted by molar-refractivity contribution is 5.95.